The van der Waals surface area contributed by atoms with Crippen molar-refractivity contribution >= 4 is 29.0 Å². The summed E-state index contributed by atoms with van der Waals surface area (Å²) in [6, 6.07) is 8.82. The number of hydrogen-bond acceptors (Lipinski definition) is 8. The Morgan fingerprint density at radius 1 is 0.953 bits per heavy atom. The van der Waals surface area contributed by atoms with E-state index in [1.807, 2.05) is 68.0 Å². The predicted octanol–water partition coefficient (Wildman–Crippen LogP) is 4.41. The summed E-state index contributed by atoms with van der Waals surface area (Å²) in [6.07, 6.45) is 8.35. The number of anilines is 2. The summed E-state index contributed by atoms with van der Waals surface area (Å²) in [5, 5.41) is 9.30. The van der Waals surface area contributed by atoms with Crippen molar-refractivity contribution < 1.29 is 18.8 Å². The molecule has 12 nitrogen and oxygen atoms in total. The molecule has 12 heteroatoms. The molecule has 0 saturated carbocycles. The molecule has 0 spiro atoms. The average Bonchev–Trinajstić information content (AvgIpc) is 3.72. The van der Waals surface area contributed by atoms with E-state index in [9.17, 15) is 4.79 Å². The number of pyridine rings is 2. The number of carbonyl (C=O) groups is 1. The van der Waals surface area contributed by atoms with E-state index < -0.39 is 6.03 Å². The third-order valence-electron chi connectivity index (χ3n) is 6.93. The maximum absolute atomic E-state index is 12.5. The number of amides is 2. The van der Waals surface area contributed by atoms with Gasteiger partial charge in [0, 0.05) is 49.1 Å². The van der Waals surface area contributed by atoms with Crippen molar-refractivity contribution in [2.75, 3.05) is 50.1 Å². The van der Waals surface area contributed by atoms with Gasteiger partial charge >= 0.3 is 6.03 Å². The first kappa shape index (κ1) is 28.3. The number of rotatable bonds is 7. The lowest BCUT2D eigenvalue weighted by atomic mass is 9.93. The van der Waals surface area contributed by atoms with Crippen LogP contribution in [0.4, 0.5) is 16.4 Å². The Morgan fingerprint density at radius 3 is 2.53 bits per heavy atom. The van der Waals surface area contributed by atoms with Gasteiger partial charge in [-0.15, -0.1) is 0 Å². The molecule has 0 radical (unpaired) electrons. The van der Waals surface area contributed by atoms with Gasteiger partial charge in [-0.2, -0.15) is 0 Å². The van der Waals surface area contributed by atoms with Crippen LogP contribution in [0.2, 0.25) is 0 Å². The van der Waals surface area contributed by atoms with Crippen LogP contribution in [0.5, 0.6) is 5.75 Å². The van der Waals surface area contributed by atoms with Crippen molar-refractivity contribution in [1.82, 2.24) is 28.8 Å². The molecule has 1 aliphatic heterocycles. The molecule has 0 unspecified atom stereocenters. The summed E-state index contributed by atoms with van der Waals surface area (Å²) >= 11 is 0. The number of carbonyl (C=O) groups excluding carboxylic acids is 1. The van der Waals surface area contributed by atoms with E-state index in [1.165, 1.54) is 0 Å². The summed E-state index contributed by atoms with van der Waals surface area (Å²) < 4.78 is 20.4. The molecule has 6 rings (SSSR count). The summed E-state index contributed by atoms with van der Waals surface area (Å²) in [7, 11) is 0. The highest BCUT2D eigenvalue weighted by Crippen LogP contribution is 2.24. The zero-order chi connectivity index (χ0) is 29.8. The standard InChI is InChI=1S/C31H34N8O4/c1-31(2,3)25-17-26(36-43-25)34-30(40)35-27-21-38-18-22(6-9-29(38)33-27)5-7-23-19-39-20-24(8-10-28(39)32-23)42-14-4-11-37-12-15-41-16-13-37/h6,8-10,17-21H,4,11-16H2,1-3H3,(H2,34,35,36,40). The Kier molecular flexibility index (Phi) is 8.00. The molecular weight excluding hydrogens is 548 g/mol. The molecule has 0 aliphatic carbocycles. The molecule has 0 atom stereocenters. The average molecular weight is 583 g/mol. The van der Waals surface area contributed by atoms with E-state index in [0.717, 1.165) is 56.2 Å². The molecule has 5 aromatic rings. The van der Waals surface area contributed by atoms with Crippen molar-refractivity contribution in [3.8, 4) is 17.6 Å². The van der Waals surface area contributed by atoms with Gasteiger partial charge in [-0.05, 0) is 36.6 Å². The van der Waals surface area contributed by atoms with Crippen molar-refractivity contribution in [1.29, 1.82) is 0 Å². The van der Waals surface area contributed by atoms with Crippen LogP contribution in [0.25, 0.3) is 11.3 Å². The first-order valence-corrected chi connectivity index (χ1v) is 14.3. The van der Waals surface area contributed by atoms with Crippen LogP contribution in [0.1, 0.15) is 44.2 Å². The maximum Gasteiger partial charge on any atom is 0.326 e. The third-order valence-corrected chi connectivity index (χ3v) is 6.93. The zero-order valence-corrected chi connectivity index (χ0v) is 24.5. The van der Waals surface area contributed by atoms with Gasteiger partial charge in [0.05, 0.1) is 32.2 Å². The maximum atomic E-state index is 12.5. The van der Waals surface area contributed by atoms with Crippen LogP contribution in [-0.2, 0) is 10.2 Å². The lowest BCUT2D eigenvalue weighted by Gasteiger charge is -2.26. The Labute approximate surface area is 249 Å². The molecular formula is C31H34N8O4. The Morgan fingerprint density at radius 2 is 1.72 bits per heavy atom. The Hall–Kier alpha value is -4.86. The highest BCUT2D eigenvalue weighted by molar-refractivity contribution is 5.98. The van der Waals surface area contributed by atoms with Crippen LogP contribution in [0.3, 0.4) is 0 Å². The summed E-state index contributed by atoms with van der Waals surface area (Å²) in [5.74, 6) is 8.49. The highest BCUT2D eigenvalue weighted by Gasteiger charge is 2.20. The predicted molar refractivity (Wildman–Crippen MR) is 162 cm³/mol. The number of morpholine rings is 1. The van der Waals surface area contributed by atoms with Crippen molar-refractivity contribution in [2.24, 2.45) is 0 Å². The molecule has 2 amide bonds. The number of urea groups is 1. The Balaban J connectivity index is 1.05. The number of nitrogens with zero attached hydrogens (tertiary/aromatic N) is 6. The smallest absolute Gasteiger partial charge is 0.326 e. The monoisotopic (exact) mass is 582 g/mol. The van der Waals surface area contributed by atoms with Gasteiger partial charge < -0.3 is 22.8 Å². The minimum absolute atomic E-state index is 0.210. The van der Waals surface area contributed by atoms with Crippen LogP contribution < -0.4 is 15.4 Å². The van der Waals surface area contributed by atoms with Crippen molar-refractivity contribution in [2.45, 2.75) is 32.6 Å². The summed E-state index contributed by atoms with van der Waals surface area (Å²) in [4.78, 5) is 23.9. The van der Waals surface area contributed by atoms with Gasteiger partial charge in [-0.25, -0.2) is 14.8 Å². The fraction of sp³-hybridized carbons (Fsp3) is 0.355. The fourth-order valence-electron chi connectivity index (χ4n) is 4.63. The number of aromatic nitrogens is 5. The minimum atomic E-state index is -0.467. The van der Waals surface area contributed by atoms with Crippen LogP contribution in [0.15, 0.2) is 59.6 Å². The number of nitrogens with one attached hydrogen (secondary N) is 2. The van der Waals surface area contributed by atoms with Crippen LogP contribution in [-0.4, -0.2) is 74.3 Å². The van der Waals surface area contributed by atoms with E-state index >= 15 is 0 Å². The lowest BCUT2D eigenvalue weighted by Crippen LogP contribution is -2.37. The van der Waals surface area contributed by atoms with E-state index in [1.54, 1.807) is 16.7 Å². The van der Waals surface area contributed by atoms with E-state index in [4.69, 9.17) is 14.0 Å². The van der Waals surface area contributed by atoms with Gasteiger partial charge in [0.2, 0.25) is 0 Å². The molecule has 1 fully saturated rings. The van der Waals surface area contributed by atoms with Crippen molar-refractivity contribution in [3.05, 3.63) is 72.1 Å². The van der Waals surface area contributed by atoms with E-state index in [2.05, 4.69) is 42.5 Å². The molecule has 0 aromatic carbocycles. The second kappa shape index (κ2) is 12.2. The molecule has 222 valence electrons. The van der Waals surface area contributed by atoms with Gasteiger partial charge in [-0.3, -0.25) is 15.5 Å². The number of fused-ring (bicyclic) bond motifs is 2. The summed E-state index contributed by atoms with van der Waals surface area (Å²) in [6.45, 7) is 11.3. The van der Waals surface area contributed by atoms with Crippen LogP contribution in [0, 0.1) is 11.8 Å². The second-order valence-corrected chi connectivity index (χ2v) is 11.4. The zero-order valence-electron chi connectivity index (χ0n) is 24.5. The van der Waals surface area contributed by atoms with Gasteiger partial charge in [0.25, 0.3) is 0 Å². The highest BCUT2D eigenvalue weighted by atomic mass is 16.5. The number of hydrogen-bond donors (Lipinski definition) is 2. The SMILES string of the molecule is CC(C)(C)c1cc(NC(=O)Nc2cn3cc(C#Cc4cn5cc(OCCCN6CCOCC6)ccc5n4)ccc3n2)no1. The van der Waals surface area contributed by atoms with Gasteiger partial charge in [0.15, 0.2) is 11.6 Å². The van der Waals surface area contributed by atoms with Crippen LogP contribution >= 0.6 is 0 Å². The molecule has 1 saturated heterocycles. The number of ether oxygens (including phenoxy) is 2. The van der Waals surface area contributed by atoms with Gasteiger partial charge in [-0.1, -0.05) is 31.8 Å². The van der Waals surface area contributed by atoms with Gasteiger partial charge in [0.1, 0.15) is 28.5 Å². The second-order valence-electron chi connectivity index (χ2n) is 11.4. The van der Waals surface area contributed by atoms with E-state index in [0.29, 0.717) is 35.3 Å². The largest absolute Gasteiger partial charge is 0.492 e. The molecule has 1 aliphatic rings. The molecule has 5 aromatic heterocycles. The van der Waals surface area contributed by atoms with Crippen molar-refractivity contribution in [3.63, 3.8) is 0 Å². The lowest BCUT2D eigenvalue weighted by molar-refractivity contribution is 0.0358. The number of imidazole rings is 2. The fourth-order valence-corrected chi connectivity index (χ4v) is 4.63. The Bertz CT molecular complexity index is 1800. The topological polar surface area (TPSA) is 123 Å². The van der Waals surface area contributed by atoms with E-state index in [-0.39, 0.29) is 5.41 Å². The minimum Gasteiger partial charge on any atom is -0.492 e. The third kappa shape index (κ3) is 7.14. The molecule has 43 heavy (non-hydrogen) atoms. The first-order chi connectivity index (χ1) is 20.8. The summed E-state index contributed by atoms with van der Waals surface area (Å²) in [5.41, 5.74) is 2.68. The molecule has 0 bridgehead atoms. The molecule has 2 N–H and O–H groups in total. The molecule has 6 heterocycles. The first-order valence-electron chi connectivity index (χ1n) is 14.3. The quantitative estimate of drug-likeness (QED) is 0.214. The normalized spacial score (nSPS) is 14.0.